The molecule has 0 radical (unpaired) electrons. The topological polar surface area (TPSA) is 34.1 Å². The van der Waals surface area contributed by atoms with Crippen molar-refractivity contribution in [2.24, 2.45) is 0 Å². The van der Waals surface area contributed by atoms with Gasteiger partial charge < -0.3 is 0 Å². The number of hydrogen-bond acceptors (Lipinski definition) is 2. The fourth-order valence-corrected chi connectivity index (χ4v) is 2.27. The predicted molar refractivity (Wildman–Crippen MR) is 65.2 cm³/mol. The minimum absolute atomic E-state index is 0.203. The van der Waals surface area contributed by atoms with Crippen LogP contribution in [0.2, 0.25) is 0 Å². The minimum atomic E-state index is -5.18. The largest absolute Gasteiger partial charge is 0.417 e. The van der Waals surface area contributed by atoms with Gasteiger partial charge in [-0.2, -0.15) is 21.6 Å². The molecule has 0 aliphatic heterocycles. The highest BCUT2D eigenvalue weighted by Gasteiger charge is 2.35. The van der Waals surface area contributed by atoms with Gasteiger partial charge >= 0.3 is 16.4 Å². The van der Waals surface area contributed by atoms with Crippen LogP contribution in [0.3, 0.4) is 0 Å². The fraction of sp³-hybridized carbons (Fsp3) is 0.0769. The van der Waals surface area contributed by atoms with Crippen molar-refractivity contribution in [1.29, 1.82) is 0 Å². The van der Waals surface area contributed by atoms with Crippen LogP contribution < -0.4 is 0 Å². The molecule has 0 bridgehead atoms. The molecular weight excluding hydrogens is 296 g/mol. The van der Waals surface area contributed by atoms with Crippen LogP contribution in [0.5, 0.6) is 0 Å². The Hall–Kier alpha value is -1.89. The summed E-state index contributed by atoms with van der Waals surface area (Å²) in [6, 6.07) is 9.71. The third kappa shape index (κ3) is 2.98. The zero-order valence-electron chi connectivity index (χ0n) is 9.86. The molecule has 2 aromatic carbocycles. The summed E-state index contributed by atoms with van der Waals surface area (Å²) in [7, 11) is -5.18. The van der Waals surface area contributed by atoms with Gasteiger partial charge in [-0.3, -0.25) is 0 Å². The van der Waals surface area contributed by atoms with E-state index in [0.717, 1.165) is 12.1 Å². The maximum absolute atomic E-state index is 13.0. The fourth-order valence-electron chi connectivity index (χ4n) is 1.78. The van der Waals surface area contributed by atoms with Gasteiger partial charge in [0.15, 0.2) is 0 Å². The normalized spacial score (nSPS) is 12.4. The van der Waals surface area contributed by atoms with Crippen LogP contribution >= 0.6 is 0 Å². The quantitative estimate of drug-likeness (QED) is 0.620. The summed E-state index contributed by atoms with van der Waals surface area (Å²) in [5.74, 6) is 0. The molecule has 20 heavy (non-hydrogen) atoms. The molecule has 0 spiro atoms. The molecule has 0 aliphatic rings. The van der Waals surface area contributed by atoms with Crippen molar-refractivity contribution in [3.63, 3.8) is 0 Å². The number of hydrogen-bond donors (Lipinski definition) is 0. The van der Waals surface area contributed by atoms with E-state index in [1.807, 2.05) is 0 Å². The molecular formula is C13H8F4O2S. The van der Waals surface area contributed by atoms with E-state index in [2.05, 4.69) is 0 Å². The van der Waals surface area contributed by atoms with E-state index in [0.29, 0.717) is 6.07 Å². The predicted octanol–water partition coefficient (Wildman–Crippen LogP) is 4.03. The zero-order chi connectivity index (χ0) is 15.0. The summed E-state index contributed by atoms with van der Waals surface area (Å²) in [5.41, 5.74) is -1.13. The first-order valence-electron chi connectivity index (χ1n) is 5.41. The molecule has 0 aliphatic carbocycles. The van der Waals surface area contributed by atoms with Crippen molar-refractivity contribution in [2.75, 3.05) is 0 Å². The first kappa shape index (κ1) is 14.5. The average molecular weight is 304 g/mol. The van der Waals surface area contributed by atoms with Gasteiger partial charge in [0.1, 0.15) is 0 Å². The Morgan fingerprint density at radius 3 is 2.00 bits per heavy atom. The van der Waals surface area contributed by atoms with E-state index >= 15 is 0 Å². The molecule has 0 unspecified atom stereocenters. The lowest BCUT2D eigenvalue weighted by Crippen LogP contribution is -2.08. The second kappa shape index (κ2) is 4.90. The molecule has 0 heterocycles. The Morgan fingerprint density at radius 2 is 1.50 bits per heavy atom. The molecule has 2 nitrogen and oxygen atoms in total. The smallest absolute Gasteiger partial charge is 0.189 e. The van der Waals surface area contributed by atoms with Crippen molar-refractivity contribution in [1.82, 2.24) is 0 Å². The molecule has 2 rings (SSSR count). The summed E-state index contributed by atoms with van der Waals surface area (Å²) in [6.45, 7) is 0. The molecule has 0 saturated carbocycles. The molecule has 2 aromatic rings. The van der Waals surface area contributed by atoms with Crippen LogP contribution in [0.4, 0.5) is 17.1 Å². The molecule has 0 atom stereocenters. The van der Waals surface area contributed by atoms with E-state index in [1.165, 1.54) is 12.1 Å². The van der Waals surface area contributed by atoms with Gasteiger partial charge in [-0.25, -0.2) is 0 Å². The Morgan fingerprint density at radius 1 is 0.900 bits per heavy atom. The highest BCUT2D eigenvalue weighted by atomic mass is 32.3. The van der Waals surface area contributed by atoms with E-state index in [9.17, 15) is 25.5 Å². The van der Waals surface area contributed by atoms with Crippen molar-refractivity contribution in [3.05, 3.63) is 54.1 Å². The first-order chi connectivity index (χ1) is 9.19. The lowest BCUT2D eigenvalue weighted by molar-refractivity contribution is -0.137. The molecule has 7 heteroatoms. The van der Waals surface area contributed by atoms with Gasteiger partial charge in [0, 0.05) is 0 Å². The molecule has 0 saturated heterocycles. The van der Waals surface area contributed by atoms with Crippen LogP contribution in [0, 0.1) is 0 Å². The Bertz CT molecular complexity index is 722. The SMILES string of the molecule is O=S(=O)(F)c1ccc(-c2ccccc2)c(C(F)(F)F)c1. The summed E-state index contributed by atoms with van der Waals surface area (Å²) in [4.78, 5) is -1.01. The van der Waals surface area contributed by atoms with Crippen molar-refractivity contribution in [2.45, 2.75) is 11.1 Å². The van der Waals surface area contributed by atoms with E-state index in [4.69, 9.17) is 0 Å². The third-order valence-electron chi connectivity index (χ3n) is 2.66. The molecule has 0 N–H and O–H groups in total. The molecule has 0 fully saturated rings. The third-order valence-corrected chi connectivity index (χ3v) is 3.48. The monoisotopic (exact) mass is 304 g/mol. The molecule has 0 aromatic heterocycles. The van der Waals surface area contributed by atoms with Crippen LogP contribution in [0.15, 0.2) is 53.4 Å². The van der Waals surface area contributed by atoms with E-state index < -0.39 is 26.9 Å². The molecule has 0 amide bonds. The second-order valence-corrected chi connectivity index (χ2v) is 5.36. The second-order valence-electron chi connectivity index (χ2n) is 4.01. The first-order valence-corrected chi connectivity index (χ1v) is 6.79. The summed E-state index contributed by atoms with van der Waals surface area (Å²) >= 11 is 0. The lowest BCUT2D eigenvalue weighted by atomic mass is 9.99. The zero-order valence-corrected chi connectivity index (χ0v) is 10.7. The van der Waals surface area contributed by atoms with Crippen molar-refractivity contribution in [3.8, 4) is 11.1 Å². The van der Waals surface area contributed by atoms with Gasteiger partial charge in [0.05, 0.1) is 10.5 Å². The van der Waals surface area contributed by atoms with Gasteiger partial charge in [-0.1, -0.05) is 36.4 Å². The number of rotatable bonds is 2. The Labute approximate surface area is 112 Å². The standard InChI is InChI=1S/C13H8F4O2S/c14-13(15,16)12-8-10(20(17,18)19)6-7-11(12)9-4-2-1-3-5-9/h1-8H. The van der Waals surface area contributed by atoms with Gasteiger partial charge in [-0.05, 0) is 23.3 Å². The van der Waals surface area contributed by atoms with Crippen molar-refractivity contribution < 1.29 is 25.5 Å². The van der Waals surface area contributed by atoms with Gasteiger partial charge in [0.25, 0.3) is 0 Å². The highest BCUT2D eigenvalue weighted by molar-refractivity contribution is 7.86. The van der Waals surface area contributed by atoms with Gasteiger partial charge in [0.2, 0.25) is 0 Å². The molecule has 106 valence electrons. The summed E-state index contributed by atoms with van der Waals surface area (Å²) in [6.07, 6.45) is -4.79. The lowest BCUT2D eigenvalue weighted by Gasteiger charge is -2.13. The number of benzene rings is 2. The summed E-state index contributed by atoms with van der Waals surface area (Å²) < 4.78 is 73.2. The maximum Gasteiger partial charge on any atom is 0.417 e. The Kier molecular flexibility index (Phi) is 3.56. The van der Waals surface area contributed by atoms with Crippen LogP contribution in [0.1, 0.15) is 5.56 Å². The number of alkyl halides is 3. The maximum atomic E-state index is 13.0. The minimum Gasteiger partial charge on any atom is -0.189 e. The number of halogens is 4. The van der Waals surface area contributed by atoms with E-state index in [-0.39, 0.29) is 11.1 Å². The van der Waals surface area contributed by atoms with Gasteiger partial charge in [-0.15, -0.1) is 3.89 Å². The highest BCUT2D eigenvalue weighted by Crippen LogP contribution is 2.38. The van der Waals surface area contributed by atoms with E-state index in [1.54, 1.807) is 18.2 Å². The Balaban J connectivity index is 2.71. The average Bonchev–Trinajstić information content (AvgIpc) is 2.37. The van der Waals surface area contributed by atoms with Crippen molar-refractivity contribution >= 4 is 10.2 Å². The summed E-state index contributed by atoms with van der Waals surface area (Å²) in [5, 5.41) is 0. The van der Waals surface area contributed by atoms with Crippen LogP contribution in [0.25, 0.3) is 11.1 Å². The van der Waals surface area contributed by atoms with Crippen LogP contribution in [-0.2, 0) is 16.4 Å². The van der Waals surface area contributed by atoms with Crippen LogP contribution in [-0.4, -0.2) is 8.42 Å².